The highest BCUT2D eigenvalue weighted by atomic mass is 32.2. The van der Waals surface area contributed by atoms with Gasteiger partial charge >= 0.3 is 6.09 Å². The number of aromatic amines is 2. The van der Waals surface area contributed by atoms with Crippen molar-refractivity contribution in [2.24, 2.45) is 0 Å². The summed E-state index contributed by atoms with van der Waals surface area (Å²) in [4.78, 5) is 61.8. The predicted molar refractivity (Wildman–Crippen MR) is 426 cm³/mol. The van der Waals surface area contributed by atoms with Gasteiger partial charge in [0.2, 0.25) is 0 Å². The first-order valence-corrected chi connectivity index (χ1v) is 43.1. The number of amides is 1. The molecule has 1 amide bonds. The number of nitrogens with one attached hydrogen (secondary N) is 3. The van der Waals surface area contributed by atoms with Crippen LogP contribution in [0.5, 0.6) is 11.5 Å². The van der Waals surface area contributed by atoms with Crippen molar-refractivity contribution in [1.29, 1.82) is 0 Å². The van der Waals surface area contributed by atoms with Crippen LogP contribution in [0.15, 0.2) is 108 Å². The van der Waals surface area contributed by atoms with E-state index in [2.05, 4.69) is 106 Å². The molecule has 5 aromatic carbocycles. The van der Waals surface area contributed by atoms with Gasteiger partial charge in [-0.1, -0.05) is 177 Å². The largest absolute Gasteiger partial charge is 0.457 e. The fraction of sp³-hybridized carbons (Fsp3) is 0.512. The molecule has 0 spiro atoms. The van der Waals surface area contributed by atoms with Crippen LogP contribution in [-0.2, 0) is 4.74 Å². The minimum absolute atomic E-state index is 0.388. The van der Waals surface area contributed by atoms with Crippen LogP contribution < -0.4 is 10.1 Å². The highest BCUT2D eigenvalue weighted by Crippen LogP contribution is 2.47. The van der Waals surface area contributed by atoms with E-state index < -0.39 is 6.09 Å². The number of fused-ring (bicyclic) bond motifs is 20. The number of nitrogens with zero attached hydrogens (tertiary/aromatic N) is 6. The number of rotatable bonds is 43. The molecule has 5 heterocycles. The summed E-state index contributed by atoms with van der Waals surface area (Å²) in [5.74, 6) is 9.92. The first-order chi connectivity index (χ1) is 48.2. The molecule has 0 atom stereocenters. The van der Waals surface area contributed by atoms with Crippen molar-refractivity contribution < 1.29 is 14.3 Å². The Labute approximate surface area is 609 Å². The van der Waals surface area contributed by atoms with Gasteiger partial charge in [0, 0.05) is 78.9 Å². The summed E-state index contributed by atoms with van der Waals surface area (Å²) < 4.78 is 12.1. The third-order valence-electron chi connectivity index (χ3n) is 17.8. The van der Waals surface area contributed by atoms with E-state index in [1.54, 1.807) is 0 Å². The Hall–Kier alpha value is -5.37. The summed E-state index contributed by atoms with van der Waals surface area (Å²) >= 11 is 11.8. The topological polar surface area (TPSA) is 156 Å². The lowest BCUT2D eigenvalue weighted by molar-refractivity contribution is 0.159. The van der Waals surface area contributed by atoms with Gasteiger partial charge in [0.25, 0.3) is 0 Å². The van der Waals surface area contributed by atoms with Crippen molar-refractivity contribution >= 4 is 126 Å². The molecule has 12 nitrogen and oxygen atoms in total. The molecule has 0 radical (unpaired) electrons. The highest BCUT2D eigenvalue weighted by molar-refractivity contribution is 8.03. The van der Waals surface area contributed by atoms with E-state index in [4.69, 9.17) is 39.4 Å². The maximum atomic E-state index is 12.7. The molecule has 2 aliphatic heterocycles. The third kappa shape index (κ3) is 21.1. The van der Waals surface area contributed by atoms with E-state index in [0.29, 0.717) is 58.4 Å². The number of carbonyl (C=O) groups is 1. The van der Waals surface area contributed by atoms with Crippen molar-refractivity contribution in [3.05, 3.63) is 78.9 Å². The number of aromatic nitrogens is 8. The van der Waals surface area contributed by atoms with E-state index in [-0.39, 0.29) is 0 Å². The number of carbonyl (C=O) groups excluding carboxylic acids is 1. The number of thioether (sulfide) groups is 6. The Balaban J connectivity index is 1.21. The molecule has 524 valence electrons. The SMILES string of the molecule is CCCCCCSc1cc2c(cc1SCCCCCC)-c1nc-2nc2[nH]c(nc3nc(nc4[nH]c(n1)c1cc(SCCCCCC)c(SCCCCCC)cc41)-c1cc(SCCCCCC)c(SCCCCCC)cc1-3)c1cc(Oc3ccc(NC(=O)OCCCCC)cc3)ccc21. The van der Waals surface area contributed by atoms with Crippen LogP contribution in [0.4, 0.5) is 10.5 Å². The van der Waals surface area contributed by atoms with Gasteiger partial charge in [0.05, 0.1) is 6.61 Å². The van der Waals surface area contributed by atoms with Crippen molar-refractivity contribution in [2.75, 3.05) is 46.4 Å². The molecule has 0 aliphatic carbocycles. The average Bonchev–Trinajstić information content (AvgIpc) is 1.59. The van der Waals surface area contributed by atoms with Gasteiger partial charge < -0.3 is 19.4 Å². The van der Waals surface area contributed by atoms with Gasteiger partial charge in [-0.05, 0) is 158 Å². The molecule has 0 saturated heterocycles. The number of unbranched alkanes of at least 4 members (excludes halogenated alkanes) is 20. The Morgan fingerprint density at radius 3 is 0.990 bits per heavy atom. The van der Waals surface area contributed by atoms with Gasteiger partial charge in [0.15, 0.2) is 23.3 Å². The number of H-pyrrole nitrogens is 2. The molecule has 2 aliphatic rings. The quantitative estimate of drug-likeness (QED) is 0.0245. The van der Waals surface area contributed by atoms with Crippen molar-refractivity contribution in [1.82, 2.24) is 39.9 Å². The maximum absolute atomic E-state index is 12.7. The van der Waals surface area contributed by atoms with E-state index in [1.807, 2.05) is 107 Å². The minimum atomic E-state index is -0.468. The summed E-state index contributed by atoms with van der Waals surface area (Å²) in [6.07, 6.45) is 31.5. The Morgan fingerprint density at radius 2 is 0.643 bits per heavy atom. The lowest BCUT2D eigenvalue weighted by Gasteiger charge is -2.12. The summed E-state index contributed by atoms with van der Waals surface area (Å²) in [6.45, 7) is 16.2. The van der Waals surface area contributed by atoms with Crippen molar-refractivity contribution in [3.8, 4) is 57.1 Å². The Morgan fingerprint density at radius 1 is 0.337 bits per heavy atom. The van der Waals surface area contributed by atoms with Gasteiger partial charge in [-0.25, -0.2) is 34.7 Å². The molecule has 3 N–H and O–H groups in total. The second-order valence-electron chi connectivity index (χ2n) is 25.9. The van der Waals surface area contributed by atoms with Crippen molar-refractivity contribution in [3.63, 3.8) is 0 Å². The molecule has 8 bridgehead atoms. The zero-order valence-electron chi connectivity index (χ0n) is 59.4. The average molecular weight is 1430 g/mol. The van der Waals surface area contributed by atoms with Gasteiger partial charge in [-0.3, -0.25) is 5.32 Å². The normalized spacial score (nSPS) is 11.9. The molecule has 8 aromatic rings. The number of hydrogen-bond donors (Lipinski definition) is 3. The summed E-state index contributed by atoms with van der Waals surface area (Å²) in [6, 6.07) is 27.7. The van der Waals surface area contributed by atoms with E-state index >= 15 is 0 Å². The van der Waals surface area contributed by atoms with Crippen LogP contribution >= 0.6 is 70.6 Å². The molecule has 18 heteroatoms. The summed E-state index contributed by atoms with van der Waals surface area (Å²) in [7, 11) is 0. The molecule has 98 heavy (non-hydrogen) atoms. The first-order valence-electron chi connectivity index (χ1n) is 37.2. The van der Waals surface area contributed by atoms with E-state index in [9.17, 15) is 4.79 Å². The molecule has 3 aromatic heterocycles. The summed E-state index contributed by atoms with van der Waals surface area (Å²) in [5, 5.41) is 6.58. The molecule has 0 fully saturated rings. The smallest absolute Gasteiger partial charge is 0.411 e. The van der Waals surface area contributed by atoms with Crippen molar-refractivity contribution in [2.45, 2.75) is 251 Å². The van der Waals surface area contributed by atoms with Crippen LogP contribution in [0.1, 0.15) is 222 Å². The van der Waals surface area contributed by atoms with E-state index in [1.165, 1.54) is 164 Å². The zero-order chi connectivity index (χ0) is 68.3. The first kappa shape index (κ1) is 75.3. The van der Waals surface area contributed by atoms with E-state index in [0.717, 1.165) is 128 Å². The highest BCUT2D eigenvalue weighted by Gasteiger charge is 2.27. The second kappa shape index (κ2) is 40.3. The van der Waals surface area contributed by atoms with Crippen LogP contribution in [0, 0.1) is 0 Å². The fourth-order valence-corrected chi connectivity index (χ4v) is 19.1. The van der Waals surface area contributed by atoms with Gasteiger partial charge in [0.1, 0.15) is 34.1 Å². The van der Waals surface area contributed by atoms with Gasteiger partial charge in [-0.2, -0.15) is 0 Å². The Kier molecular flexibility index (Phi) is 31.0. The standard InChI is InChI=1S/C80H105N9O3S6/c1-8-15-22-29-42-93-66-49-60-61(50-67(66)94-43-30-23-16-9-2)76-85-74(60)83-72-58-40-39-57(92-56-37-35-55(36-38-56)81-80(90)91-41-28-21-14-7)48-59(58)73(82-72)84-75-62-51-68(95-44-31-24-17-10-3)69(96-45-32-25-18-11-4)52-63(62)77(86-75)88-79-65-54-71(98-47-34-27-20-13-6)70(97-46-33-26-19-12-5)53-64(65)78(87-76)89-79/h35-40,48-54H,8-34,41-47H2,1-7H3,(H,81,90)(H2,82,83,84,85,86,87,88,89). The zero-order valence-corrected chi connectivity index (χ0v) is 64.3. The number of hydrogen-bond acceptors (Lipinski definition) is 15. The summed E-state index contributed by atoms with van der Waals surface area (Å²) in [5.41, 5.74) is 7.14. The number of anilines is 1. The minimum Gasteiger partial charge on any atom is -0.457 e. The molecule has 0 unspecified atom stereocenters. The number of ether oxygens (including phenoxy) is 2. The monoisotopic (exact) mass is 1430 g/mol. The molecular formula is C80H105N9O3S6. The van der Waals surface area contributed by atoms with Crippen LogP contribution in [0.25, 0.3) is 89.7 Å². The maximum Gasteiger partial charge on any atom is 0.411 e. The van der Waals surface area contributed by atoms with Gasteiger partial charge in [-0.15, -0.1) is 70.6 Å². The predicted octanol–water partition coefficient (Wildman–Crippen LogP) is 26.4. The lowest BCUT2D eigenvalue weighted by atomic mass is 10.1. The number of benzene rings is 5. The van der Waals surface area contributed by atoms with Crippen LogP contribution in [0.2, 0.25) is 0 Å². The van der Waals surface area contributed by atoms with Crippen LogP contribution in [0.3, 0.4) is 0 Å². The fourth-order valence-electron chi connectivity index (χ4n) is 12.2. The Bertz CT molecular complexity index is 4040. The van der Waals surface area contributed by atoms with Crippen LogP contribution in [-0.4, -0.2) is 87.1 Å². The third-order valence-corrected chi connectivity index (χ3v) is 25.1. The molecule has 0 saturated carbocycles. The lowest BCUT2D eigenvalue weighted by Crippen LogP contribution is -2.14. The molecule has 10 rings (SSSR count). The molecular weight excluding hydrogens is 1330 g/mol. The second-order valence-corrected chi connectivity index (χ2v) is 32.7.